The summed E-state index contributed by atoms with van der Waals surface area (Å²) in [6, 6.07) is 8.09. The summed E-state index contributed by atoms with van der Waals surface area (Å²) >= 11 is 0. The van der Waals surface area contributed by atoms with Crippen LogP contribution in [0.3, 0.4) is 0 Å². The monoisotopic (exact) mass is 226 g/mol. The summed E-state index contributed by atoms with van der Waals surface area (Å²) < 4.78 is 24.4. The number of aliphatic carboxylic acids is 1. The van der Waals surface area contributed by atoms with E-state index in [-0.39, 0.29) is 5.57 Å². The van der Waals surface area contributed by atoms with Gasteiger partial charge in [-0.2, -0.15) is 9.13 Å². The van der Waals surface area contributed by atoms with Gasteiger partial charge in [-0.25, -0.2) is 4.79 Å². The van der Waals surface area contributed by atoms with Crippen LogP contribution in [0.2, 0.25) is 0 Å². The third-order valence-electron chi connectivity index (χ3n) is 1.57. The highest BCUT2D eigenvalue weighted by atomic mass is 31.1. The van der Waals surface area contributed by atoms with E-state index in [1.807, 2.05) is 0 Å². The maximum atomic E-state index is 10.8. The Balaban J connectivity index is 3.04. The van der Waals surface area contributed by atoms with E-state index in [1.165, 1.54) is 0 Å². The largest absolute Gasteiger partial charge is 0.528 e. The molecule has 78 valence electrons. The average Bonchev–Trinajstić information content (AvgIpc) is 2.18. The number of hydrogen-bond acceptors (Lipinski definition) is 4. The highest BCUT2D eigenvalue weighted by molar-refractivity contribution is 7.24. The minimum atomic E-state index is -3.09. The molecule has 0 heterocycles. The molecule has 0 unspecified atom stereocenters. The van der Waals surface area contributed by atoms with Crippen LogP contribution in [0.5, 0.6) is 0 Å². The van der Waals surface area contributed by atoms with Gasteiger partial charge in [0, 0.05) is 0 Å². The molecular formula is C9H7O5P. The van der Waals surface area contributed by atoms with Crippen molar-refractivity contribution >= 4 is 19.4 Å². The third kappa shape index (κ3) is 3.40. The van der Waals surface area contributed by atoms with E-state index in [0.29, 0.717) is 11.8 Å². The van der Waals surface area contributed by atoms with Crippen molar-refractivity contribution in [2.75, 3.05) is 0 Å². The minimum absolute atomic E-state index is 0.213. The molecule has 1 N–H and O–H groups in total. The summed E-state index contributed by atoms with van der Waals surface area (Å²) in [5, 5.41) is 8.79. The molecular weight excluding hydrogens is 219 g/mol. The summed E-state index contributed by atoms with van der Waals surface area (Å²) in [5.41, 5.74) is 0.164. The molecule has 0 saturated heterocycles. The molecule has 6 heteroatoms. The fourth-order valence-electron chi connectivity index (χ4n) is 0.955. The first-order valence-corrected chi connectivity index (χ1v) is 5.01. The molecule has 1 aromatic carbocycles. The standard InChI is InChI=1S/C9H7O5P/c10-9(11)8(6-14-15(12)13)7-4-2-1-3-5-7/h1-6H,(H,10,11)/b8-6-. The first-order valence-electron chi connectivity index (χ1n) is 3.91. The zero-order valence-electron chi connectivity index (χ0n) is 7.49. The highest BCUT2D eigenvalue weighted by Gasteiger charge is 2.10. The molecule has 0 aliphatic rings. The van der Waals surface area contributed by atoms with Gasteiger partial charge in [-0.15, -0.1) is 0 Å². The molecule has 1 aromatic rings. The molecule has 0 amide bonds. The number of benzene rings is 1. The molecule has 0 spiro atoms. The number of hydrogen-bond donors (Lipinski definition) is 1. The SMILES string of the molecule is O=C(O)/C(=C\OP(=O)=O)c1ccccc1. The van der Waals surface area contributed by atoms with Gasteiger partial charge in [0.05, 0.1) is 0 Å². The number of carboxylic acid groups (broad SMARTS) is 1. The Morgan fingerprint density at radius 3 is 2.33 bits per heavy atom. The van der Waals surface area contributed by atoms with Gasteiger partial charge in [0.15, 0.2) is 0 Å². The lowest BCUT2D eigenvalue weighted by molar-refractivity contribution is -0.130. The van der Waals surface area contributed by atoms with Gasteiger partial charge in [0.2, 0.25) is 0 Å². The average molecular weight is 226 g/mol. The molecule has 0 saturated carbocycles. The lowest BCUT2D eigenvalue weighted by Crippen LogP contribution is -1.99. The molecule has 0 atom stereocenters. The van der Waals surface area contributed by atoms with Crippen LogP contribution in [0.25, 0.3) is 5.57 Å². The predicted molar refractivity (Wildman–Crippen MR) is 51.4 cm³/mol. The van der Waals surface area contributed by atoms with Gasteiger partial charge in [0.1, 0.15) is 11.8 Å². The van der Waals surface area contributed by atoms with Crippen LogP contribution in [0.1, 0.15) is 5.56 Å². The topological polar surface area (TPSA) is 80.7 Å². The third-order valence-corrected chi connectivity index (χ3v) is 1.85. The van der Waals surface area contributed by atoms with Crippen molar-refractivity contribution in [1.82, 2.24) is 0 Å². The quantitative estimate of drug-likeness (QED) is 0.483. The zero-order valence-corrected chi connectivity index (χ0v) is 8.39. The van der Waals surface area contributed by atoms with E-state index in [9.17, 15) is 13.9 Å². The maximum absolute atomic E-state index is 10.8. The fraction of sp³-hybridized carbons (Fsp3) is 0. The van der Waals surface area contributed by atoms with E-state index in [2.05, 4.69) is 4.52 Å². The van der Waals surface area contributed by atoms with E-state index >= 15 is 0 Å². The molecule has 15 heavy (non-hydrogen) atoms. The van der Waals surface area contributed by atoms with Crippen LogP contribution >= 0.6 is 7.91 Å². The minimum Gasteiger partial charge on any atom is -0.478 e. The first-order chi connectivity index (χ1) is 7.11. The van der Waals surface area contributed by atoms with E-state index in [4.69, 9.17) is 5.11 Å². The summed E-state index contributed by atoms with van der Waals surface area (Å²) in [5.74, 6) is -1.25. The number of carbonyl (C=O) groups is 1. The highest BCUT2D eigenvalue weighted by Crippen LogP contribution is 2.17. The van der Waals surface area contributed by atoms with Gasteiger partial charge in [-0.3, -0.25) is 0 Å². The van der Waals surface area contributed by atoms with Crippen molar-refractivity contribution in [3.8, 4) is 0 Å². The Bertz CT molecular complexity index is 439. The van der Waals surface area contributed by atoms with Crippen LogP contribution < -0.4 is 0 Å². The summed E-state index contributed by atoms with van der Waals surface area (Å²) in [6.45, 7) is 0. The second-order valence-electron chi connectivity index (χ2n) is 2.53. The zero-order chi connectivity index (χ0) is 11.3. The molecule has 0 radical (unpaired) electrons. The van der Waals surface area contributed by atoms with Crippen molar-refractivity contribution in [3.63, 3.8) is 0 Å². The van der Waals surface area contributed by atoms with E-state index < -0.39 is 13.9 Å². The van der Waals surface area contributed by atoms with Crippen molar-refractivity contribution in [2.24, 2.45) is 0 Å². The molecule has 1 rings (SSSR count). The molecule has 0 aliphatic carbocycles. The Kier molecular flexibility index (Phi) is 3.83. The Hall–Kier alpha value is -1.87. The fourth-order valence-corrected chi connectivity index (χ4v) is 1.15. The van der Waals surface area contributed by atoms with Crippen molar-refractivity contribution in [2.45, 2.75) is 0 Å². The predicted octanol–water partition coefficient (Wildman–Crippen LogP) is 2.22. The lowest BCUT2D eigenvalue weighted by atomic mass is 10.1. The first kappa shape index (κ1) is 11.2. The Labute approximate surface area is 85.9 Å². The number of carboxylic acids is 1. The normalized spacial score (nSPS) is 10.8. The molecule has 0 fully saturated rings. The van der Waals surface area contributed by atoms with Crippen LogP contribution in [-0.2, 0) is 18.4 Å². The van der Waals surface area contributed by atoms with Crippen LogP contribution in [0.4, 0.5) is 0 Å². The van der Waals surface area contributed by atoms with E-state index in [0.717, 1.165) is 0 Å². The van der Waals surface area contributed by atoms with Crippen molar-refractivity contribution in [1.29, 1.82) is 0 Å². The van der Waals surface area contributed by atoms with E-state index in [1.54, 1.807) is 30.3 Å². The lowest BCUT2D eigenvalue weighted by Gasteiger charge is -1.99. The van der Waals surface area contributed by atoms with Crippen LogP contribution in [0.15, 0.2) is 36.6 Å². The molecule has 0 aliphatic heterocycles. The van der Waals surface area contributed by atoms with Gasteiger partial charge < -0.3 is 9.63 Å². The van der Waals surface area contributed by atoms with Crippen LogP contribution in [0, 0.1) is 0 Å². The summed E-state index contributed by atoms with van der Waals surface area (Å²) in [6.07, 6.45) is 0.698. The Morgan fingerprint density at radius 1 is 1.27 bits per heavy atom. The Morgan fingerprint density at radius 2 is 1.87 bits per heavy atom. The van der Waals surface area contributed by atoms with Gasteiger partial charge >= 0.3 is 13.9 Å². The molecule has 0 bridgehead atoms. The van der Waals surface area contributed by atoms with Gasteiger partial charge in [-0.05, 0) is 5.56 Å². The van der Waals surface area contributed by atoms with Crippen molar-refractivity contribution < 1.29 is 23.6 Å². The van der Waals surface area contributed by atoms with Crippen LogP contribution in [-0.4, -0.2) is 11.1 Å². The second kappa shape index (κ2) is 5.12. The summed E-state index contributed by atoms with van der Waals surface area (Å²) in [7, 11) is -3.09. The van der Waals surface area contributed by atoms with Gasteiger partial charge in [-0.1, -0.05) is 30.3 Å². The molecule has 5 nitrogen and oxygen atoms in total. The van der Waals surface area contributed by atoms with Crippen molar-refractivity contribution in [3.05, 3.63) is 42.2 Å². The maximum Gasteiger partial charge on any atom is 0.528 e. The molecule has 0 aromatic heterocycles. The second-order valence-corrected chi connectivity index (χ2v) is 3.19. The summed E-state index contributed by atoms with van der Waals surface area (Å²) in [4.78, 5) is 10.8. The number of rotatable bonds is 4. The smallest absolute Gasteiger partial charge is 0.478 e. The van der Waals surface area contributed by atoms with Gasteiger partial charge in [0.25, 0.3) is 0 Å².